The summed E-state index contributed by atoms with van der Waals surface area (Å²) in [5, 5.41) is 3.52. The average molecular weight is 222 g/mol. The van der Waals surface area contributed by atoms with Gasteiger partial charge in [-0.15, -0.1) is 4.91 Å². The lowest BCUT2D eigenvalue weighted by Crippen LogP contribution is -2.36. The molecule has 16 heavy (non-hydrogen) atoms. The first-order valence-corrected chi connectivity index (χ1v) is 4.96. The zero-order chi connectivity index (χ0) is 12.0. The summed E-state index contributed by atoms with van der Waals surface area (Å²) in [6, 6.07) is 8.81. The maximum Gasteiger partial charge on any atom is 0.242 e. The van der Waals surface area contributed by atoms with E-state index in [9.17, 15) is 9.70 Å². The first-order chi connectivity index (χ1) is 7.65. The number of benzene rings is 1. The summed E-state index contributed by atoms with van der Waals surface area (Å²) in [7, 11) is 0. The Bertz CT molecular complexity index is 354. The molecule has 0 aliphatic heterocycles. The Morgan fingerprint density at radius 1 is 1.44 bits per heavy atom. The number of rotatable bonds is 5. The molecule has 1 aromatic rings. The Morgan fingerprint density at radius 3 is 2.56 bits per heavy atom. The van der Waals surface area contributed by atoms with Crippen LogP contribution in [-0.4, -0.2) is 23.6 Å². The van der Waals surface area contributed by atoms with Crippen molar-refractivity contribution in [2.75, 3.05) is 6.61 Å². The van der Waals surface area contributed by atoms with Crippen molar-refractivity contribution >= 4 is 5.91 Å². The van der Waals surface area contributed by atoms with E-state index in [1.807, 2.05) is 18.2 Å². The van der Waals surface area contributed by atoms with E-state index >= 15 is 0 Å². The number of para-hydroxylation sites is 1. The van der Waals surface area contributed by atoms with Gasteiger partial charge in [0.15, 0.2) is 0 Å². The maximum atomic E-state index is 11.0. The Balaban J connectivity index is 2.49. The first kappa shape index (κ1) is 12.2. The molecule has 86 valence electrons. The Kier molecular flexibility index (Phi) is 4.44. The van der Waals surface area contributed by atoms with Crippen LogP contribution in [0.25, 0.3) is 0 Å². The van der Waals surface area contributed by atoms with Crippen LogP contribution in [0.15, 0.2) is 35.6 Å². The molecule has 5 nitrogen and oxygen atoms in total. The highest BCUT2D eigenvalue weighted by atomic mass is 16.5. The molecule has 0 saturated carbocycles. The molecule has 0 aliphatic rings. The molecule has 1 rings (SSSR count). The van der Waals surface area contributed by atoms with Gasteiger partial charge in [0.05, 0.1) is 11.3 Å². The van der Waals surface area contributed by atoms with Crippen molar-refractivity contribution in [2.45, 2.75) is 19.9 Å². The third-order valence-electron chi connectivity index (χ3n) is 2.06. The van der Waals surface area contributed by atoms with Crippen LogP contribution in [0.1, 0.15) is 13.8 Å². The highest BCUT2D eigenvalue weighted by molar-refractivity contribution is 5.73. The number of nitrogens with zero attached hydrogens (tertiary/aromatic N) is 2. The smallest absolute Gasteiger partial charge is 0.242 e. The van der Waals surface area contributed by atoms with Crippen molar-refractivity contribution in [3.05, 3.63) is 35.2 Å². The van der Waals surface area contributed by atoms with Crippen LogP contribution in [0.4, 0.5) is 0 Å². The fourth-order valence-corrected chi connectivity index (χ4v) is 1.25. The van der Waals surface area contributed by atoms with E-state index in [2.05, 4.69) is 5.29 Å². The third-order valence-corrected chi connectivity index (χ3v) is 2.06. The van der Waals surface area contributed by atoms with Crippen molar-refractivity contribution in [3.8, 4) is 5.75 Å². The van der Waals surface area contributed by atoms with Crippen LogP contribution in [0.5, 0.6) is 5.75 Å². The maximum absolute atomic E-state index is 11.0. The average Bonchev–Trinajstić information content (AvgIpc) is 2.28. The first-order valence-electron chi connectivity index (χ1n) is 4.96. The number of nitroso groups, excluding NO2 is 1. The molecule has 0 heterocycles. The Hall–Kier alpha value is -1.91. The molecule has 0 N–H and O–H groups in total. The molecular weight excluding hydrogens is 208 g/mol. The predicted octanol–water partition coefficient (Wildman–Crippen LogP) is 1.98. The van der Waals surface area contributed by atoms with Gasteiger partial charge in [0.1, 0.15) is 12.4 Å². The van der Waals surface area contributed by atoms with Crippen LogP contribution in [0, 0.1) is 4.91 Å². The van der Waals surface area contributed by atoms with Crippen LogP contribution in [0.3, 0.4) is 0 Å². The molecule has 0 unspecified atom stereocenters. The minimum atomic E-state index is -0.390. The standard InChI is InChI=1S/C11H14N2O3/c1-9(13(12-15)10(2)14)8-16-11-6-4-3-5-7-11/h3-7,9H,8H2,1-2H3/t9-/m1/s1. The van der Waals surface area contributed by atoms with Gasteiger partial charge in [-0.1, -0.05) is 18.2 Å². The number of ether oxygens (including phenoxy) is 1. The van der Waals surface area contributed by atoms with Gasteiger partial charge in [-0.05, 0) is 19.1 Å². The largest absolute Gasteiger partial charge is 0.491 e. The summed E-state index contributed by atoms with van der Waals surface area (Å²) < 4.78 is 5.41. The van der Waals surface area contributed by atoms with Gasteiger partial charge >= 0.3 is 0 Å². The summed E-state index contributed by atoms with van der Waals surface area (Å²) in [5.74, 6) is 0.308. The van der Waals surface area contributed by atoms with Gasteiger partial charge in [0.2, 0.25) is 5.91 Å². The number of amides is 1. The minimum Gasteiger partial charge on any atom is -0.491 e. The Morgan fingerprint density at radius 2 is 2.06 bits per heavy atom. The summed E-state index contributed by atoms with van der Waals surface area (Å²) in [6.07, 6.45) is 0. The summed E-state index contributed by atoms with van der Waals surface area (Å²) in [6.45, 7) is 3.22. The van der Waals surface area contributed by atoms with Gasteiger partial charge in [-0.25, -0.2) is 0 Å². The van der Waals surface area contributed by atoms with Gasteiger partial charge in [-0.2, -0.15) is 5.01 Å². The molecule has 0 spiro atoms. The fraction of sp³-hybridized carbons (Fsp3) is 0.364. The second-order valence-corrected chi connectivity index (χ2v) is 3.42. The normalized spacial score (nSPS) is 11.6. The highest BCUT2D eigenvalue weighted by Gasteiger charge is 2.17. The van der Waals surface area contributed by atoms with E-state index in [4.69, 9.17) is 4.74 Å². The van der Waals surface area contributed by atoms with E-state index in [1.165, 1.54) is 6.92 Å². The third kappa shape index (κ3) is 3.34. The van der Waals surface area contributed by atoms with E-state index in [1.54, 1.807) is 19.1 Å². The second kappa shape index (κ2) is 5.85. The van der Waals surface area contributed by atoms with Crippen LogP contribution in [-0.2, 0) is 4.79 Å². The predicted molar refractivity (Wildman–Crippen MR) is 59.7 cm³/mol. The topological polar surface area (TPSA) is 59.0 Å². The number of hydrogen-bond donors (Lipinski definition) is 0. The molecule has 0 bridgehead atoms. The van der Waals surface area contributed by atoms with E-state index in [-0.39, 0.29) is 18.6 Å². The lowest BCUT2D eigenvalue weighted by Gasteiger charge is -2.19. The summed E-state index contributed by atoms with van der Waals surface area (Å²) >= 11 is 0. The van der Waals surface area contributed by atoms with Gasteiger partial charge in [0, 0.05) is 6.92 Å². The monoisotopic (exact) mass is 222 g/mol. The SMILES string of the molecule is CC(=O)N(N=O)[C@H](C)COc1ccccc1. The van der Waals surface area contributed by atoms with Crippen LogP contribution in [0.2, 0.25) is 0 Å². The van der Waals surface area contributed by atoms with Gasteiger partial charge in [-0.3, -0.25) is 4.79 Å². The van der Waals surface area contributed by atoms with Crippen molar-refractivity contribution in [1.29, 1.82) is 0 Å². The molecule has 0 saturated heterocycles. The summed E-state index contributed by atoms with van der Waals surface area (Å²) in [5.41, 5.74) is 0. The lowest BCUT2D eigenvalue weighted by atomic mass is 10.3. The van der Waals surface area contributed by atoms with Gasteiger partial charge in [0.25, 0.3) is 0 Å². The number of carbonyl (C=O) groups excluding carboxylic acids is 1. The molecule has 5 heteroatoms. The van der Waals surface area contributed by atoms with Crippen molar-refractivity contribution < 1.29 is 9.53 Å². The molecule has 0 aliphatic carbocycles. The van der Waals surface area contributed by atoms with Crippen LogP contribution < -0.4 is 4.74 Å². The zero-order valence-corrected chi connectivity index (χ0v) is 9.29. The van der Waals surface area contributed by atoms with Crippen molar-refractivity contribution in [2.24, 2.45) is 5.29 Å². The second-order valence-electron chi connectivity index (χ2n) is 3.42. The fourth-order valence-electron chi connectivity index (χ4n) is 1.25. The zero-order valence-electron chi connectivity index (χ0n) is 9.29. The van der Waals surface area contributed by atoms with Crippen molar-refractivity contribution in [1.82, 2.24) is 5.01 Å². The molecule has 1 aromatic carbocycles. The molecule has 0 fully saturated rings. The molecule has 1 amide bonds. The van der Waals surface area contributed by atoms with E-state index in [0.29, 0.717) is 5.75 Å². The number of hydrogen-bond acceptors (Lipinski definition) is 4. The molecule has 0 radical (unpaired) electrons. The van der Waals surface area contributed by atoms with E-state index in [0.717, 1.165) is 5.01 Å². The van der Waals surface area contributed by atoms with Crippen molar-refractivity contribution in [3.63, 3.8) is 0 Å². The summed E-state index contributed by atoms with van der Waals surface area (Å²) in [4.78, 5) is 21.4. The van der Waals surface area contributed by atoms with Crippen LogP contribution >= 0.6 is 0 Å². The van der Waals surface area contributed by atoms with Gasteiger partial charge < -0.3 is 4.74 Å². The minimum absolute atomic E-state index is 0.231. The number of carbonyl (C=O) groups is 1. The highest BCUT2D eigenvalue weighted by Crippen LogP contribution is 2.10. The molecular formula is C11H14N2O3. The molecule has 0 aromatic heterocycles. The van der Waals surface area contributed by atoms with E-state index < -0.39 is 0 Å². The lowest BCUT2D eigenvalue weighted by molar-refractivity contribution is -0.131. The quantitative estimate of drug-likeness (QED) is 0.565. The Labute approximate surface area is 94.0 Å². The molecule has 1 atom stereocenters.